The number of benzene rings is 3. The fourth-order valence-corrected chi connectivity index (χ4v) is 6.67. The molecule has 1 amide bonds. The van der Waals surface area contributed by atoms with Crippen molar-refractivity contribution in [3.8, 4) is 0 Å². The van der Waals surface area contributed by atoms with E-state index in [1.807, 2.05) is 48.0 Å². The van der Waals surface area contributed by atoms with Crippen LogP contribution < -0.4 is 4.80 Å². The first-order valence-electron chi connectivity index (χ1n) is 10.3. The van der Waals surface area contributed by atoms with Gasteiger partial charge in [-0.2, -0.15) is 9.30 Å². The Balaban J connectivity index is 1.40. The van der Waals surface area contributed by atoms with Crippen molar-refractivity contribution in [2.45, 2.75) is 17.9 Å². The topological polar surface area (TPSA) is 71.7 Å². The minimum atomic E-state index is -3.66. The van der Waals surface area contributed by atoms with Crippen molar-refractivity contribution < 1.29 is 13.2 Å². The van der Waals surface area contributed by atoms with Crippen molar-refractivity contribution in [1.29, 1.82) is 0 Å². The molecule has 4 aromatic rings. The van der Waals surface area contributed by atoms with Gasteiger partial charge in [0.2, 0.25) is 10.0 Å². The highest BCUT2D eigenvalue weighted by Crippen LogP contribution is 2.25. The van der Waals surface area contributed by atoms with E-state index in [-0.39, 0.29) is 4.90 Å². The second kappa shape index (κ2) is 8.53. The van der Waals surface area contributed by atoms with Crippen LogP contribution in [0.3, 0.4) is 0 Å². The minimum absolute atomic E-state index is 0.167. The predicted octanol–water partition coefficient (Wildman–Crippen LogP) is 4.38. The van der Waals surface area contributed by atoms with Gasteiger partial charge in [0.05, 0.1) is 15.1 Å². The number of nitrogens with zero attached hydrogens (tertiary/aromatic N) is 3. The highest BCUT2D eigenvalue weighted by atomic mass is 35.5. The van der Waals surface area contributed by atoms with Gasteiger partial charge in [0.15, 0.2) is 4.80 Å². The molecular weight excluding hydrogens is 478 g/mol. The van der Waals surface area contributed by atoms with E-state index in [4.69, 9.17) is 11.6 Å². The van der Waals surface area contributed by atoms with E-state index < -0.39 is 15.9 Å². The highest BCUT2D eigenvalue weighted by molar-refractivity contribution is 7.89. The lowest BCUT2D eigenvalue weighted by Gasteiger charge is -2.28. The second-order valence-corrected chi connectivity index (χ2v) is 11.2. The molecule has 1 aromatic heterocycles. The van der Waals surface area contributed by atoms with Crippen LogP contribution >= 0.6 is 22.9 Å². The fourth-order valence-electron chi connectivity index (χ4n) is 3.96. The number of rotatable bonds is 3. The third-order valence-corrected chi connectivity index (χ3v) is 8.99. The van der Waals surface area contributed by atoms with E-state index in [0.29, 0.717) is 34.9 Å². The van der Waals surface area contributed by atoms with Gasteiger partial charge in [-0.3, -0.25) is 4.79 Å². The average molecular weight is 498 g/mol. The van der Waals surface area contributed by atoms with Crippen LogP contribution in [0.15, 0.2) is 76.6 Å². The van der Waals surface area contributed by atoms with Crippen LogP contribution in [0.2, 0.25) is 5.02 Å². The van der Waals surface area contributed by atoms with Crippen molar-refractivity contribution in [1.82, 2.24) is 8.87 Å². The summed E-state index contributed by atoms with van der Waals surface area (Å²) in [4.78, 5) is 17.7. The number of aryl methyl sites for hydroxylation is 1. The SMILES string of the molecule is Cn1c(=NC(=O)c2ccc(S(=O)(=O)N3CCc4ccccc4C3)cc2)sc2cc(Cl)ccc21. The largest absolute Gasteiger partial charge is 0.319 e. The lowest BCUT2D eigenvalue weighted by Crippen LogP contribution is -2.35. The van der Waals surface area contributed by atoms with E-state index in [2.05, 4.69) is 4.99 Å². The van der Waals surface area contributed by atoms with E-state index in [9.17, 15) is 13.2 Å². The number of amides is 1. The van der Waals surface area contributed by atoms with E-state index in [1.165, 1.54) is 45.5 Å². The van der Waals surface area contributed by atoms with Gasteiger partial charge in [-0.05, 0) is 60.0 Å². The van der Waals surface area contributed by atoms with Crippen LogP contribution in [0.5, 0.6) is 0 Å². The summed E-state index contributed by atoms with van der Waals surface area (Å²) in [6.07, 6.45) is 0.683. The van der Waals surface area contributed by atoms with E-state index in [1.54, 1.807) is 6.07 Å². The first-order valence-corrected chi connectivity index (χ1v) is 13.0. The van der Waals surface area contributed by atoms with Gasteiger partial charge in [0.1, 0.15) is 0 Å². The molecule has 9 heteroatoms. The lowest BCUT2D eigenvalue weighted by atomic mass is 10.0. The molecule has 0 radical (unpaired) electrons. The van der Waals surface area contributed by atoms with Crippen LogP contribution in [0, 0.1) is 0 Å². The number of halogens is 1. The van der Waals surface area contributed by atoms with Crippen LogP contribution in [-0.4, -0.2) is 29.7 Å². The Bertz CT molecular complexity index is 1550. The Morgan fingerprint density at radius 1 is 1.03 bits per heavy atom. The molecule has 0 fully saturated rings. The normalized spacial score (nSPS) is 15.0. The predicted molar refractivity (Wildman–Crippen MR) is 130 cm³/mol. The molecule has 6 nitrogen and oxygen atoms in total. The maximum absolute atomic E-state index is 13.1. The Kier molecular flexibility index (Phi) is 5.70. The Morgan fingerprint density at radius 2 is 1.76 bits per heavy atom. The zero-order valence-corrected chi connectivity index (χ0v) is 20.1. The molecule has 0 atom stereocenters. The number of thiazole rings is 1. The van der Waals surface area contributed by atoms with Crippen molar-refractivity contribution in [2.75, 3.05) is 6.54 Å². The van der Waals surface area contributed by atoms with Gasteiger partial charge in [-0.1, -0.05) is 47.2 Å². The molecule has 0 N–H and O–H groups in total. The molecule has 0 saturated heterocycles. The van der Waals surface area contributed by atoms with Gasteiger partial charge < -0.3 is 4.57 Å². The molecule has 0 saturated carbocycles. The Labute approximate surface area is 200 Å². The van der Waals surface area contributed by atoms with Crippen LogP contribution in [-0.2, 0) is 30.0 Å². The third kappa shape index (κ3) is 4.15. The molecule has 0 bridgehead atoms. The molecular formula is C24H20ClN3O3S2. The monoisotopic (exact) mass is 497 g/mol. The maximum atomic E-state index is 13.1. The van der Waals surface area contributed by atoms with Crippen molar-refractivity contribution in [2.24, 2.45) is 12.0 Å². The average Bonchev–Trinajstić information content (AvgIpc) is 3.12. The minimum Gasteiger partial charge on any atom is -0.319 e. The molecule has 2 heterocycles. The number of hydrogen-bond acceptors (Lipinski definition) is 4. The summed E-state index contributed by atoms with van der Waals surface area (Å²) in [5.74, 6) is -0.431. The van der Waals surface area contributed by atoms with Crippen molar-refractivity contribution >= 4 is 49.1 Å². The first-order chi connectivity index (χ1) is 15.8. The Hall–Kier alpha value is -2.78. The summed E-state index contributed by atoms with van der Waals surface area (Å²) in [5.41, 5.74) is 3.47. The summed E-state index contributed by atoms with van der Waals surface area (Å²) in [7, 11) is -1.82. The lowest BCUT2D eigenvalue weighted by molar-refractivity contribution is 0.0998. The molecule has 3 aromatic carbocycles. The molecule has 0 unspecified atom stereocenters. The third-order valence-electron chi connectivity index (χ3n) is 5.80. The molecule has 0 aliphatic carbocycles. The quantitative estimate of drug-likeness (QED) is 0.421. The maximum Gasteiger partial charge on any atom is 0.279 e. The number of carbonyl (C=O) groups is 1. The molecule has 5 rings (SSSR count). The number of hydrogen-bond donors (Lipinski definition) is 0. The molecule has 0 spiro atoms. The highest BCUT2D eigenvalue weighted by Gasteiger charge is 2.28. The second-order valence-electron chi connectivity index (χ2n) is 7.85. The zero-order valence-electron chi connectivity index (χ0n) is 17.7. The van der Waals surface area contributed by atoms with Crippen molar-refractivity contribution in [3.63, 3.8) is 0 Å². The van der Waals surface area contributed by atoms with Crippen LogP contribution in [0.4, 0.5) is 0 Å². The summed E-state index contributed by atoms with van der Waals surface area (Å²) in [6, 6.07) is 19.4. The summed E-state index contributed by atoms with van der Waals surface area (Å²) < 4.78 is 30.5. The van der Waals surface area contributed by atoms with Gasteiger partial charge in [-0.15, -0.1) is 0 Å². The number of fused-ring (bicyclic) bond motifs is 2. The van der Waals surface area contributed by atoms with E-state index >= 15 is 0 Å². The molecule has 1 aliphatic rings. The molecule has 33 heavy (non-hydrogen) atoms. The fraction of sp³-hybridized carbons (Fsp3) is 0.167. The van der Waals surface area contributed by atoms with Gasteiger partial charge in [-0.25, -0.2) is 8.42 Å². The van der Waals surface area contributed by atoms with Gasteiger partial charge >= 0.3 is 0 Å². The van der Waals surface area contributed by atoms with Gasteiger partial charge in [0, 0.05) is 30.7 Å². The first kappa shape index (κ1) is 22.0. The molecule has 168 valence electrons. The van der Waals surface area contributed by atoms with Crippen molar-refractivity contribution in [3.05, 3.63) is 93.2 Å². The van der Waals surface area contributed by atoms with Gasteiger partial charge in [0.25, 0.3) is 5.91 Å². The number of aromatic nitrogens is 1. The summed E-state index contributed by atoms with van der Waals surface area (Å²) in [6.45, 7) is 0.781. The summed E-state index contributed by atoms with van der Waals surface area (Å²) in [5, 5.41) is 0.621. The smallest absolute Gasteiger partial charge is 0.279 e. The van der Waals surface area contributed by atoms with E-state index in [0.717, 1.165) is 15.8 Å². The van der Waals surface area contributed by atoms with Crippen LogP contribution in [0.1, 0.15) is 21.5 Å². The summed E-state index contributed by atoms with van der Waals surface area (Å²) >= 11 is 7.43. The zero-order chi connectivity index (χ0) is 23.2. The number of carbonyl (C=O) groups excluding carboxylic acids is 1. The number of sulfonamides is 1. The molecule has 1 aliphatic heterocycles. The Morgan fingerprint density at radius 3 is 2.52 bits per heavy atom. The standard InChI is InChI=1S/C24H20ClN3O3S2/c1-27-21-11-8-19(25)14-22(21)32-24(27)26-23(29)17-6-9-20(10-7-17)33(30,31)28-13-12-16-4-2-3-5-18(16)15-28/h2-11,14H,12-13,15H2,1H3. The van der Waals surface area contributed by atoms with Crippen LogP contribution in [0.25, 0.3) is 10.2 Å².